The third-order valence-electron chi connectivity index (χ3n) is 9.78. The van der Waals surface area contributed by atoms with Crippen LogP contribution in [0.1, 0.15) is 70.2 Å². The maximum atomic E-state index is 14.5. The van der Waals surface area contributed by atoms with E-state index in [-0.39, 0.29) is 36.1 Å². The summed E-state index contributed by atoms with van der Waals surface area (Å²) in [5, 5.41) is 11.6. The Hall–Kier alpha value is -4.88. The number of hydrogen-bond donors (Lipinski definition) is 0. The number of nitrogens with zero attached hydrogens (tertiary/aromatic N) is 7. The summed E-state index contributed by atoms with van der Waals surface area (Å²) in [4.78, 5) is 36.2. The summed E-state index contributed by atoms with van der Waals surface area (Å²) in [5.41, 5.74) is 3.43. The average Bonchev–Trinajstić information content (AvgIpc) is 3.83. The predicted octanol–water partition coefficient (Wildman–Crippen LogP) is 6.69. The average molecular weight is 700 g/mol. The van der Waals surface area contributed by atoms with Crippen molar-refractivity contribution in [2.24, 2.45) is 21.4 Å². The van der Waals surface area contributed by atoms with Gasteiger partial charge in [0.25, 0.3) is 5.91 Å². The van der Waals surface area contributed by atoms with E-state index < -0.39 is 11.6 Å². The number of carbonyl (C=O) groups is 2. The number of benzene rings is 3. The van der Waals surface area contributed by atoms with E-state index >= 15 is 0 Å². The Balaban J connectivity index is 1.12. The minimum Gasteiger partial charge on any atom is -0.496 e. The number of imidazole rings is 1. The number of likely N-dealkylation sites (N-methyl/N-ethyl adjacent to an activating group) is 1. The summed E-state index contributed by atoms with van der Waals surface area (Å²) >= 11 is 0. The number of amides is 1. The quantitative estimate of drug-likeness (QED) is 0.101. The van der Waals surface area contributed by atoms with Gasteiger partial charge in [-0.1, -0.05) is 24.3 Å². The number of rotatable bonds is 15. The molecule has 1 amide bonds. The topological polar surface area (TPSA) is 114 Å². The van der Waals surface area contributed by atoms with Crippen molar-refractivity contribution in [3.8, 4) is 5.75 Å². The van der Waals surface area contributed by atoms with Crippen LogP contribution in [-0.4, -0.2) is 90.8 Å². The maximum Gasteiger partial charge on any atom is 0.257 e. The van der Waals surface area contributed by atoms with E-state index in [0.717, 1.165) is 22.7 Å². The van der Waals surface area contributed by atoms with E-state index in [1.165, 1.54) is 13.2 Å². The zero-order valence-corrected chi connectivity index (χ0v) is 29.2. The summed E-state index contributed by atoms with van der Waals surface area (Å²) in [6.07, 6.45) is 3.55. The van der Waals surface area contributed by atoms with Crippen molar-refractivity contribution in [1.82, 2.24) is 19.4 Å². The van der Waals surface area contributed by atoms with Gasteiger partial charge in [0.2, 0.25) is 5.78 Å². The van der Waals surface area contributed by atoms with E-state index in [2.05, 4.69) is 20.3 Å². The number of ether oxygens (including phenoxy) is 2. The Bertz CT molecular complexity index is 1910. The molecule has 3 heterocycles. The van der Waals surface area contributed by atoms with Crippen LogP contribution >= 0.6 is 0 Å². The van der Waals surface area contributed by atoms with Gasteiger partial charge in [0, 0.05) is 38.6 Å². The normalized spacial score (nSPS) is 16.9. The standard InChI is InChI=1S/C38H43F2N7O4/c1-4-51-20-19-47-34-8-6-5-7-32(34)42-37(47)36(48)25-13-16-46(17-14-25)18-15-28(26-9-11-30(39)31(40)22-26)24-45(2)38(49)29-21-27(10-12-35(29)50-3)33-23-41-44-43-33/h5-12,21-23,25,28,33H,4,13-20,24H2,1-3H3. The molecule has 11 nitrogen and oxygen atoms in total. The predicted molar refractivity (Wildman–Crippen MR) is 189 cm³/mol. The van der Waals surface area contributed by atoms with Crippen LogP contribution in [-0.2, 0) is 11.3 Å². The maximum absolute atomic E-state index is 14.5. The molecule has 2 aliphatic rings. The van der Waals surface area contributed by atoms with Crippen LogP contribution < -0.4 is 4.74 Å². The second kappa shape index (κ2) is 16.4. The van der Waals surface area contributed by atoms with E-state index in [9.17, 15) is 18.4 Å². The monoisotopic (exact) mass is 699 g/mol. The molecule has 0 radical (unpaired) electrons. The highest BCUT2D eigenvalue weighted by Gasteiger charge is 2.30. The van der Waals surface area contributed by atoms with E-state index in [0.29, 0.717) is 81.4 Å². The molecule has 0 aliphatic carbocycles. The van der Waals surface area contributed by atoms with Crippen molar-refractivity contribution < 1.29 is 27.8 Å². The number of piperidine rings is 1. The van der Waals surface area contributed by atoms with Gasteiger partial charge in [0.1, 0.15) is 11.8 Å². The lowest BCUT2D eigenvalue weighted by molar-refractivity contribution is 0.0776. The Kier molecular flexibility index (Phi) is 11.6. The molecule has 2 atom stereocenters. The summed E-state index contributed by atoms with van der Waals surface area (Å²) in [5.74, 6) is -1.64. The van der Waals surface area contributed by atoms with Crippen molar-refractivity contribution in [1.29, 1.82) is 0 Å². The second-order valence-electron chi connectivity index (χ2n) is 13.0. The number of likely N-dealkylation sites (tertiary alicyclic amines) is 1. The van der Waals surface area contributed by atoms with Gasteiger partial charge < -0.3 is 23.8 Å². The Morgan fingerprint density at radius 3 is 2.55 bits per heavy atom. The first-order chi connectivity index (χ1) is 24.8. The van der Waals surface area contributed by atoms with Gasteiger partial charge in [-0.25, -0.2) is 13.8 Å². The van der Waals surface area contributed by atoms with Gasteiger partial charge in [-0.3, -0.25) is 9.59 Å². The lowest BCUT2D eigenvalue weighted by Crippen LogP contribution is -2.39. The van der Waals surface area contributed by atoms with Crippen LogP contribution in [0, 0.1) is 17.6 Å². The first kappa shape index (κ1) is 35.9. The number of fused-ring (bicyclic) bond motifs is 1. The van der Waals surface area contributed by atoms with Gasteiger partial charge in [0.05, 0.1) is 36.5 Å². The van der Waals surface area contributed by atoms with E-state index in [1.54, 1.807) is 36.4 Å². The van der Waals surface area contributed by atoms with E-state index in [1.807, 2.05) is 41.8 Å². The highest BCUT2D eigenvalue weighted by Crippen LogP contribution is 2.30. The second-order valence-corrected chi connectivity index (χ2v) is 13.0. The molecule has 0 spiro atoms. The molecule has 51 heavy (non-hydrogen) atoms. The SMILES string of the molecule is CCOCCn1c(C(=O)C2CCN(CCC(CN(C)C(=O)c3cc(C4C=NN=N4)ccc3OC)c3ccc(F)c(F)c3)CC2)nc2ccccc21. The molecule has 1 saturated heterocycles. The molecular formula is C38H43F2N7O4. The summed E-state index contributed by atoms with van der Waals surface area (Å²) in [6, 6.07) is 16.6. The number of hydrogen-bond acceptors (Lipinski definition) is 9. The van der Waals surface area contributed by atoms with Crippen LogP contribution in [0.4, 0.5) is 8.78 Å². The van der Waals surface area contributed by atoms with Crippen molar-refractivity contribution in [2.45, 2.75) is 44.7 Å². The first-order valence-corrected chi connectivity index (χ1v) is 17.4. The molecular weight excluding hydrogens is 656 g/mol. The molecule has 268 valence electrons. The smallest absolute Gasteiger partial charge is 0.257 e. The van der Waals surface area contributed by atoms with Crippen LogP contribution in [0.25, 0.3) is 11.0 Å². The van der Waals surface area contributed by atoms with Crippen LogP contribution in [0.2, 0.25) is 0 Å². The van der Waals surface area contributed by atoms with Crippen molar-refractivity contribution in [3.05, 3.63) is 94.8 Å². The highest BCUT2D eigenvalue weighted by atomic mass is 19.2. The van der Waals surface area contributed by atoms with Gasteiger partial charge in [0.15, 0.2) is 17.5 Å². The third-order valence-corrected chi connectivity index (χ3v) is 9.78. The minimum atomic E-state index is -0.931. The minimum absolute atomic E-state index is 0.0462. The third kappa shape index (κ3) is 8.20. The fourth-order valence-electron chi connectivity index (χ4n) is 6.92. The van der Waals surface area contributed by atoms with Crippen molar-refractivity contribution in [2.75, 3.05) is 53.6 Å². The lowest BCUT2D eigenvalue weighted by Gasteiger charge is -2.33. The van der Waals surface area contributed by atoms with Gasteiger partial charge in [-0.05, 0) is 98.6 Å². The van der Waals surface area contributed by atoms with Gasteiger partial charge in [-0.2, -0.15) is 5.11 Å². The number of ketones is 1. The number of carbonyl (C=O) groups excluding carboxylic acids is 2. The zero-order chi connectivity index (χ0) is 35.9. The Morgan fingerprint density at radius 2 is 1.82 bits per heavy atom. The Labute approximate surface area is 296 Å². The number of para-hydroxylation sites is 2. The van der Waals surface area contributed by atoms with Crippen LogP contribution in [0.15, 0.2) is 76.1 Å². The molecule has 1 fully saturated rings. The number of aromatic nitrogens is 2. The molecule has 2 aliphatic heterocycles. The Morgan fingerprint density at radius 1 is 1.02 bits per heavy atom. The highest BCUT2D eigenvalue weighted by molar-refractivity contribution is 5.98. The number of methoxy groups -OCH3 is 1. The molecule has 0 bridgehead atoms. The number of halogens is 2. The largest absolute Gasteiger partial charge is 0.496 e. The molecule has 0 N–H and O–H groups in total. The van der Waals surface area contributed by atoms with Gasteiger partial charge in [-0.15, -0.1) is 5.10 Å². The first-order valence-electron chi connectivity index (χ1n) is 17.4. The molecule has 6 rings (SSSR count). The summed E-state index contributed by atoms with van der Waals surface area (Å²) in [6.45, 7) is 5.93. The fraction of sp³-hybridized carbons (Fsp3) is 0.421. The number of Topliss-reactive ketones (excluding diaryl/α,β-unsaturated/α-hetero) is 1. The molecule has 3 aromatic carbocycles. The molecule has 4 aromatic rings. The molecule has 0 saturated carbocycles. The molecule has 1 aromatic heterocycles. The molecule has 13 heteroatoms. The van der Waals surface area contributed by atoms with Crippen LogP contribution in [0.5, 0.6) is 5.75 Å². The van der Waals surface area contributed by atoms with Crippen LogP contribution in [0.3, 0.4) is 0 Å². The summed E-state index contributed by atoms with van der Waals surface area (Å²) in [7, 11) is 3.19. The summed E-state index contributed by atoms with van der Waals surface area (Å²) < 4.78 is 41.5. The molecule has 2 unspecified atom stereocenters. The van der Waals surface area contributed by atoms with Crippen molar-refractivity contribution >= 4 is 28.9 Å². The zero-order valence-electron chi connectivity index (χ0n) is 29.2. The van der Waals surface area contributed by atoms with Gasteiger partial charge >= 0.3 is 0 Å². The fourth-order valence-corrected chi connectivity index (χ4v) is 6.92. The van der Waals surface area contributed by atoms with E-state index in [4.69, 9.17) is 14.5 Å². The lowest BCUT2D eigenvalue weighted by atomic mass is 9.90. The van der Waals surface area contributed by atoms with Crippen molar-refractivity contribution in [3.63, 3.8) is 0 Å².